The molecule has 2 aliphatic rings. The van der Waals surface area contributed by atoms with Gasteiger partial charge in [-0.1, -0.05) is 45.4 Å². The normalized spacial score (nSPS) is 27.5. The Bertz CT molecular complexity index is 742. The van der Waals surface area contributed by atoms with E-state index in [9.17, 15) is 26.3 Å². The zero-order chi connectivity index (χ0) is 23.3. The van der Waals surface area contributed by atoms with Crippen LogP contribution in [0.2, 0.25) is 0 Å². The van der Waals surface area contributed by atoms with Crippen molar-refractivity contribution >= 4 is 0 Å². The second-order valence-corrected chi connectivity index (χ2v) is 9.97. The van der Waals surface area contributed by atoms with E-state index in [0.29, 0.717) is 30.9 Å². The molecule has 180 valence electrons. The molecule has 0 bridgehead atoms. The molecule has 3 rings (SSSR count). The molecule has 2 aliphatic carbocycles. The number of benzene rings is 1. The zero-order valence-corrected chi connectivity index (χ0v) is 18.8. The first-order valence-electron chi connectivity index (χ1n) is 12.1. The molecule has 2 saturated carbocycles. The summed E-state index contributed by atoms with van der Waals surface area (Å²) in [6, 6.07) is 2.83. The molecule has 0 saturated heterocycles. The minimum atomic E-state index is -4.97. The summed E-state index contributed by atoms with van der Waals surface area (Å²) in [5.74, 6) is -2.52. The first-order valence-corrected chi connectivity index (χ1v) is 12.1. The molecule has 0 radical (unpaired) electrons. The highest BCUT2D eigenvalue weighted by molar-refractivity contribution is 5.30. The molecule has 0 atom stereocenters. The summed E-state index contributed by atoms with van der Waals surface area (Å²) < 4.78 is 79.7. The van der Waals surface area contributed by atoms with E-state index >= 15 is 0 Å². The Labute approximate surface area is 187 Å². The summed E-state index contributed by atoms with van der Waals surface area (Å²) >= 11 is 0. The van der Waals surface area contributed by atoms with Gasteiger partial charge in [0.25, 0.3) is 0 Å². The second kappa shape index (κ2) is 11.1. The SMILES string of the molecule is CC1CCC(CCCCc2cc(F)c(C3CCC(C=C(F)C(F)(F)F)CC3)c(F)c2)CC1. The van der Waals surface area contributed by atoms with Crippen molar-refractivity contribution < 1.29 is 26.3 Å². The van der Waals surface area contributed by atoms with Gasteiger partial charge in [-0.15, -0.1) is 0 Å². The molecule has 0 aliphatic heterocycles. The van der Waals surface area contributed by atoms with Crippen molar-refractivity contribution in [2.75, 3.05) is 0 Å². The fourth-order valence-corrected chi connectivity index (χ4v) is 5.43. The molecule has 1 aromatic carbocycles. The molecule has 0 amide bonds. The molecule has 1 aromatic rings. The number of aryl methyl sites for hydroxylation is 1. The lowest BCUT2D eigenvalue weighted by atomic mass is 9.78. The number of rotatable bonds is 7. The maximum Gasteiger partial charge on any atom is 0.442 e. The molecule has 0 aromatic heterocycles. The monoisotopic (exact) mass is 460 g/mol. The lowest BCUT2D eigenvalue weighted by molar-refractivity contribution is -0.109. The third-order valence-electron chi connectivity index (χ3n) is 7.44. The average molecular weight is 461 g/mol. The standard InChI is InChI=1S/C26H34F6/c1-17-6-8-18(9-7-17)4-2-3-5-20-14-22(27)25(23(28)15-20)21-12-10-19(11-13-21)16-24(29)26(30,31)32/h14-19,21H,2-13H2,1H3. The summed E-state index contributed by atoms with van der Waals surface area (Å²) in [4.78, 5) is 0. The van der Waals surface area contributed by atoms with Gasteiger partial charge in [0, 0.05) is 5.56 Å². The fraction of sp³-hybridized carbons (Fsp3) is 0.692. The van der Waals surface area contributed by atoms with Crippen LogP contribution < -0.4 is 0 Å². The maximum absolute atomic E-state index is 14.7. The van der Waals surface area contributed by atoms with Crippen LogP contribution in [0.5, 0.6) is 0 Å². The third-order valence-corrected chi connectivity index (χ3v) is 7.44. The van der Waals surface area contributed by atoms with Crippen LogP contribution in [0.1, 0.15) is 94.6 Å². The van der Waals surface area contributed by atoms with Crippen LogP contribution >= 0.6 is 0 Å². The minimum Gasteiger partial charge on any atom is -0.207 e. The molecular formula is C26H34F6. The molecular weight excluding hydrogens is 426 g/mol. The van der Waals surface area contributed by atoms with E-state index in [-0.39, 0.29) is 24.3 Å². The van der Waals surface area contributed by atoms with Crippen LogP contribution in [0.4, 0.5) is 26.3 Å². The first-order chi connectivity index (χ1) is 15.1. The summed E-state index contributed by atoms with van der Waals surface area (Å²) in [5, 5.41) is 0. The van der Waals surface area contributed by atoms with Crippen molar-refractivity contribution in [3.63, 3.8) is 0 Å². The van der Waals surface area contributed by atoms with Crippen LogP contribution in [0.25, 0.3) is 0 Å². The lowest BCUT2D eigenvalue weighted by Crippen LogP contribution is -2.16. The van der Waals surface area contributed by atoms with Crippen molar-refractivity contribution in [3.05, 3.63) is 46.8 Å². The molecule has 6 heteroatoms. The van der Waals surface area contributed by atoms with E-state index < -0.39 is 29.6 Å². The predicted octanol–water partition coefficient (Wildman–Crippen LogP) is 9.19. The number of alkyl halides is 3. The van der Waals surface area contributed by atoms with Crippen molar-refractivity contribution in [3.8, 4) is 0 Å². The Morgan fingerprint density at radius 2 is 1.50 bits per heavy atom. The van der Waals surface area contributed by atoms with E-state index in [1.54, 1.807) is 0 Å². The van der Waals surface area contributed by atoms with E-state index in [2.05, 4.69) is 6.92 Å². The largest absolute Gasteiger partial charge is 0.442 e. The third kappa shape index (κ3) is 7.02. The van der Waals surface area contributed by atoms with E-state index in [4.69, 9.17) is 0 Å². The van der Waals surface area contributed by atoms with E-state index in [0.717, 1.165) is 24.7 Å². The highest BCUT2D eigenvalue weighted by Gasteiger charge is 2.36. The zero-order valence-electron chi connectivity index (χ0n) is 18.8. The fourth-order valence-electron chi connectivity index (χ4n) is 5.43. The maximum atomic E-state index is 14.7. The first kappa shape index (κ1) is 25.2. The predicted molar refractivity (Wildman–Crippen MR) is 115 cm³/mol. The van der Waals surface area contributed by atoms with Gasteiger partial charge in [0.2, 0.25) is 0 Å². The van der Waals surface area contributed by atoms with Gasteiger partial charge in [-0.2, -0.15) is 13.2 Å². The molecule has 0 spiro atoms. The summed E-state index contributed by atoms with van der Waals surface area (Å²) in [5.41, 5.74) is 0.689. The number of hydrogen-bond donors (Lipinski definition) is 0. The van der Waals surface area contributed by atoms with Gasteiger partial charge < -0.3 is 0 Å². The lowest BCUT2D eigenvalue weighted by Gasteiger charge is -2.28. The molecule has 32 heavy (non-hydrogen) atoms. The van der Waals surface area contributed by atoms with Gasteiger partial charge in [0.05, 0.1) is 0 Å². The Morgan fingerprint density at radius 3 is 2.06 bits per heavy atom. The van der Waals surface area contributed by atoms with Crippen molar-refractivity contribution in [2.45, 2.75) is 96.1 Å². The Morgan fingerprint density at radius 1 is 0.906 bits per heavy atom. The molecule has 0 nitrogen and oxygen atoms in total. The summed E-state index contributed by atoms with van der Waals surface area (Å²) in [6.45, 7) is 2.30. The number of halogens is 6. The topological polar surface area (TPSA) is 0 Å². The van der Waals surface area contributed by atoms with Crippen molar-refractivity contribution in [1.29, 1.82) is 0 Å². The molecule has 2 fully saturated rings. The van der Waals surface area contributed by atoms with Crippen molar-refractivity contribution in [2.24, 2.45) is 17.8 Å². The summed E-state index contributed by atoms with van der Waals surface area (Å²) in [6.07, 6.45) is 5.90. The average Bonchev–Trinajstić information content (AvgIpc) is 2.72. The number of allylic oxidation sites excluding steroid dienone is 2. The van der Waals surface area contributed by atoms with Crippen LogP contribution in [-0.4, -0.2) is 6.18 Å². The quantitative estimate of drug-likeness (QED) is 0.281. The summed E-state index contributed by atoms with van der Waals surface area (Å²) in [7, 11) is 0. The Balaban J connectivity index is 1.49. The van der Waals surface area contributed by atoms with Gasteiger partial charge in [-0.25, -0.2) is 13.2 Å². The minimum absolute atomic E-state index is 0.0313. The van der Waals surface area contributed by atoms with Gasteiger partial charge >= 0.3 is 6.18 Å². The van der Waals surface area contributed by atoms with Gasteiger partial charge in [-0.3, -0.25) is 0 Å². The highest BCUT2D eigenvalue weighted by Crippen LogP contribution is 2.40. The van der Waals surface area contributed by atoms with Gasteiger partial charge in [0.1, 0.15) is 11.6 Å². The van der Waals surface area contributed by atoms with E-state index in [1.165, 1.54) is 44.2 Å². The van der Waals surface area contributed by atoms with Crippen LogP contribution in [-0.2, 0) is 6.42 Å². The smallest absolute Gasteiger partial charge is 0.207 e. The van der Waals surface area contributed by atoms with Crippen LogP contribution in [0.3, 0.4) is 0 Å². The van der Waals surface area contributed by atoms with Gasteiger partial charge in [-0.05, 0) is 86.0 Å². The molecule has 0 N–H and O–H groups in total. The van der Waals surface area contributed by atoms with Gasteiger partial charge in [0.15, 0.2) is 5.83 Å². The molecule has 0 unspecified atom stereocenters. The van der Waals surface area contributed by atoms with Crippen LogP contribution in [0, 0.1) is 29.4 Å². The Kier molecular flexibility index (Phi) is 8.74. The number of hydrogen-bond acceptors (Lipinski definition) is 0. The van der Waals surface area contributed by atoms with Crippen LogP contribution in [0.15, 0.2) is 24.0 Å². The second-order valence-electron chi connectivity index (χ2n) is 9.97. The van der Waals surface area contributed by atoms with E-state index in [1.807, 2.05) is 0 Å². The molecule has 0 heterocycles. The highest BCUT2D eigenvalue weighted by atomic mass is 19.4. The number of unbranched alkanes of at least 4 members (excludes halogenated alkanes) is 1. The Hall–Kier alpha value is -1.46. The van der Waals surface area contributed by atoms with Crippen molar-refractivity contribution in [1.82, 2.24) is 0 Å².